The van der Waals surface area contributed by atoms with E-state index in [1.165, 1.54) is 193 Å². The van der Waals surface area contributed by atoms with Crippen molar-refractivity contribution in [1.82, 2.24) is 4.90 Å². The van der Waals surface area contributed by atoms with E-state index < -0.39 is 11.9 Å². The topological polar surface area (TPSA) is 98.1 Å². The first kappa shape index (κ1) is 50.3. The van der Waals surface area contributed by atoms with Crippen LogP contribution in [-0.2, 0) is 9.59 Å². The Morgan fingerprint density at radius 3 is 0.808 bits per heavy atom. The number of carboxylic acids is 2. The maximum Gasteiger partial charge on any atom is 0.303 e. The van der Waals surface area contributed by atoms with Crippen LogP contribution in [0.2, 0.25) is 0 Å². The van der Waals surface area contributed by atoms with Crippen molar-refractivity contribution in [3.05, 3.63) is 24.3 Å². The molecule has 6 nitrogen and oxygen atoms in total. The van der Waals surface area contributed by atoms with Gasteiger partial charge in [0, 0.05) is 19.4 Å². The van der Waals surface area contributed by atoms with Crippen LogP contribution in [0.5, 0.6) is 0 Å². The Bertz CT molecular complexity index is 736. The van der Waals surface area contributed by atoms with Gasteiger partial charge in [-0.15, -0.1) is 0 Å². The van der Waals surface area contributed by atoms with Gasteiger partial charge < -0.3 is 20.2 Å². The molecule has 0 saturated carbocycles. The number of aliphatic hydroxyl groups is 1. The van der Waals surface area contributed by atoms with Crippen molar-refractivity contribution >= 4 is 11.9 Å². The van der Waals surface area contributed by atoms with Crippen LogP contribution in [-0.4, -0.2) is 58.4 Å². The van der Waals surface area contributed by atoms with Gasteiger partial charge in [0.1, 0.15) is 0 Å². The second kappa shape index (κ2) is 43.7. The summed E-state index contributed by atoms with van der Waals surface area (Å²) in [6.45, 7) is 3.39. The molecular weight excluding hydrogens is 647 g/mol. The van der Waals surface area contributed by atoms with E-state index in [1.54, 1.807) is 0 Å². The Hall–Kier alpha value is -1.66. The average Bonchev–Trinajstić information content (AvgIpc) is 3.12. The molecule has 0 radical (unpaired) electrons. The quantitative estimate of drug-likeness (QED) is 0.0426. The number of carboxylic acid groups (broad SMARTS) is 2. The van der Waals surface area contributed by atoms with Crippen LogP contribution in [0, 0.1) is 0 Å². The van der Waals surface area contributed by atoms with Crippen molar-refractivity contribution < 1.29 is 24.9 Å². The summed E-state index contributed by atoms with van der Waals surface area (Å²) in [5.41, 5.74) is 0. The SMILES string of the molecule is O=C(O)CCCCCCCCCCCC=CCCCCCCCCN(CCO)CCCCCCCCC=CCCCCCCCCCCCC(=O)O. The number of hydrogen-bond acceptors (Lipinski definition) is 4. The van der Waals surface area contributed by atoms with Gasteiger partial charge in [-0.05, 0) is 90.1 Å². The average molecular weight is 734 g/mol. The molecule has 0 aliphatic heterocycles. The lowest BCUT2D eigenvalue weighted by Crippen LogP contribution is -2.29. The maximum atomic E-state index is 10.5. The molecule has 306 valence electrons. The Morgan fingerprint density at radius 1 is 0.327 bits per heavy atom. The highest BCUT2D eigenvalue weighted by Crippen LogP contribution is 2.15. The number of hydrogen-bond donors (Lipinski definition) is 3. The predicted octanol–water partition coefficient (Wildman–Crippen LogP) is 13.6. The molecule has 0 atom stereocenters. The second-order valence-corrected chi connectivity index (χ2v) is 15.6. The van der Waals surface area contributed by atoms with E-state index in [0.717, 1.165) is 45.3 Å². The highest BCUT2D eigenvalue weighted by molar-refractivity contribution is 5.66. The Kier molecular flexibility index (Phi) is 42.3. The number of allylic oxidation sites excluding steroid dienone is 4. The Labute approximate surface area is 322 Å². The van der Waals surface area contributed by atoms with Crippen LogP contribution in [0.1, 0.15) is 231 Å². The minimum Gasteiger partial charge on any atom is -0.481 e. The van der Waals surface area contributed by atoms with Crippen molar-refractivity contribution in [3.8, 4) is 0 Å². The second-order valence-electron chi connectivity index (χ2n) is 15.6. The van der Waals surface area contributed by atoms with E-state index >= 15 is 0 Å². The summed E-state index contributed by atoms with van der Waals surface area (Å²) in [4.78, 5) is 23.5. The fourth-order valence-electron chi connectivity index (χ4n) is 7.11. The highest BCUT2D eigenvalue weighted by Gasteiger charge is 2.04. The first-order valence-corrected chi connectivity index (χ1v) is 22.6. The lowest BCUT2D eigenvalue weighted by atomic mass is 10.1. The van der Waals surface area contributed by atoms with Gasteiger partial charge in [-0.1, -0.05) is 166 Å². The van der Waals surface area contributed by atoms with Crippen LogP contribution in [0.25, 0.3) is 0 Å². The van der Waals surface area contributed by atoms with E-state index in [2.05, 4.69) is 29.2 Å². The van der Waals surface area contributed by atoms with Gasteiger partial charge in [-0.3, -0.25) is 9.59 Å². The van der Waals surface area contributed by atoms with Gasteiger partial charge >= 0.3 is 11.9 Å². The molecule has 0 aromatic rings. The lowest BCUT2D eigenvalue weighted by Gasteiger charge is -2.21. The summed E-state index contributed by atoms with van der Waals surface area (Å²) in [6.07, 6.45) is 52.9. The number of rotatable bonds is 44. The van der Waals surface area contributed by atoms with Crippen LogP contribution < -0.4 is 0 Å². The Balaban J connectivity index is 3.42. The molecule has 0 bridgehead atoms. The molecule has 0 heterocycles. The molecule has 0 fully saturated rings. The fraction of sp³-hybridized carbons (Fsp3) is 0.870. The van der Waals surface area contributed by atoms with Crippen molar-refractivity contribution in [1.29, 1.82) is 0 Å². The minimum atomic E-state index is -0.664. The molecule has 0 aromatic heterocycles. The monoisotopic (exact) mass is 734 g/mol. The van der Waals surface area contributed by atoms with E-state index in [4.69, 9.17) is 10.2 Å². The molecule has 0 aliphatic rings. The normalized spacial score (nSPS) is 11.9. The third-order valence-corrected chi connectivity index (χ3v) is 10.5. The maximum absolute atomic E-state index is 10.5. The summed E-state index contributed by atoms with van der Waals surface area (Å²) in [6, 6.07) is 0. The smallest absolute Gasteiger partial charge is 0.303 e. The zero-order valence-electron chi connectivity index (χ0n) is 34.2. The third kappa shape index (κ3) is 44.5. The molecule has 6 heteroatoms. The van der Waals surface area contributed by atoms with E-state index in [1.807, 2.05) is 0 Å². The standard InChI is InChI=1S/C46H87NO5/c48-44-43-47(41-37-33-29-25-21-17-13-9-5-1-3-7-11-15-19-23-27-31-35-39-45(49)50)42-38-34-30-26-22-18-14-10-6-2-4-8-12-16-20-24-28-32-36-40-46(51)52/h5-6,9-10,48H,1-4,7-8,11-44H2,(H,49,50)(H,51,52). The van der Waals surface area contributed by atoms with Crippen molar-refractivity contribution in [2.45, 2.75) is 231 Å². The molecule has 0 unspecified atom stereocenters. The predicted molar refractivity (Wildman–Crippen MR) is 223 cm³/mol. The van der Waals surface area contributed by atoms with Crippen molar-refractivity contribution in [3.63, 3.8) is 0 Å². The molecule has 0 saturated heterocycles. The van der Waals surface area contributed by atoms with E-state index in [0.29, 0.717) is 12.8 Å². The molecule has 0 aromatic carbocycles. The van der Waals surface area contributed by atoms with Crippen LogP contribution >= 0.6 is 0 Å². The number of aliphatic carboxylic acids is 2. The third-order valence-electron chi connectivity index (χ3n) is 10.5. The van der Waals surface area contributed by atoms with Crippen LogP contribution in [0.15, 0.2) is 24.3 Å². The van der Waals surface area contributed by atoms with Crippen molar-refractivity contribution in [2.24, 2.45) is 0 Å². The van der Waals surface area contributed by atoms with Gasteiger partial charge in [-0.2, -0.15) is 0 Å². The van der Waals surface area contributed by atoms with Crippen LogP contribution in [0.4, 0.5) is 0 Å². The van der Waals surface area contributed by atoms with Crippen LogP contribution in [0.3, 0.4) is 0 Å². The molecular formula is C46H87NO5. The summed E-state index contributed by atoms with van der Waals surface area (Å²) in [5.74, 6) is -1.33. The highest BCUT2D eigenvalue weighted by atomic mass is 16.4. The molecule has 52 heavy (non-hydrogen) atoms. The lowest BCUT2D eigenvalue weighted by molar-refractivity contribution is -0.138. The van der Waals surface area contributed by atoms with Crippen molar-refractivity contribution in [2.75, 3.05) is 26.2 Å². The summed E-state index contributed by atoms with van der Waals surface area (Å²) >= 11 is 0. The molecule has 0 aliphatic carbocycles. The summed E-state index contributed by atoms with van der Waals surface area (Å²) < 4.78 is 0. The first-order valence-electron chi connectivity index (χ1n) is 22.6. The molecule has 3 N–H and O–H groups in total. The fourth-order valence-corrected chi connectivity index (χ4v) is 7.11. The van der Waals surface area contributed by atoms with E-state index in [9.17, 15) is 14.7 Å². The zero-order valence-corrected chi connectivity index (χ0v) is 34.2. The van der Waals surface area contributed by atoms with Gasteiger partial charge in [0.05, 0.1) is 6.61 Å². The summed E-state index contributed by atoms with van der Waals surface area (Å²) in [7, 11) is 0. The van der Waals surface area contributed by atoms with Gasteiger partial charge in [0.15, 0.2) is 0 Å². The Morgan fingerprint density at radius 2 is 0.558 bits per heavy atom. The zero-order chi connectivity index (χ0) is 37.8. The number of nitrogens with zero attached hydrogens (tertiary/aromatic N) is 1. The van der Waals surface area contributed by atoms with E-state index in [-0.39, 0.29) is 6.61 Å². The first-order chi connectivity index (χ1) is 25.6. The largest absolute Gasteiger partial charge is 0.481 e. The number of aliphatic hydroxyl groups excluding tert-OH is 1. The molecule has 0 rings (SSSR count). The number of unbranched alkanes of at least 4 members (excludes halogenated alkanes) is 30. The minimum absolute atomic E-state index is 0.276. The molecule has 0 spiro atoms. The molecule has 0 amide bonds. The van der Waals surface area contributed by atoms with Gasteiger partial charge in [0.25, 0.3) is 0 Å². The van der Waals surface area contributed by atoms with Gasteiger partial charge in [0.2, 0.25) is 0 Å². The van der Waals surface area contributed by atoms with Gasteiger partial charge in [-0.25, -0.2) is 0 Å². The number of carbonyl (C=O) groups is 2. The summed E-state index contributed by atoms with van der Waals surface area (Å²) in [5, 5.41) is 26.8.